The van der Waals surface area contributed by atoms with Gasteiger partial charge >= 0.3 is 5.97 Å². The van der Waals surface area contributed by atoms with E-state index in [0.29, 0.717) is 10.7 Å². The molecule has 0 atom stereocenters. The maximum Gasteiger partial charge on any atom is 0.356 e. The molecule has 110 valence electrons. The van der Waals surface area contributed by atoms with E-state index in [1.807, 2.05) is 0 Å². The van der Waals surface area contributed by atoms with Gasteiger partial charge < -0.3 is 9.72 Å². The molecule has 0 unspecified atom stereocenters. The quantitative estimate of drug-likeness (QED) is 0.504. The first-order chi connectivity index (χ1) is 10.1. The Labute approximate surface area is 124 Å². The van der Waals surface area contributed by atoms with Gasteiger partial charge in [-0.1, -0.05) is 11.8 Å². The van der Waals surface area contributed by atoms with Crippen LogP contribution in [-0.2, 0) is 4.74 Å². The van der Waals surface area contributed by atoms with Crippen molar-refractivity contribution in [2.24, 2.45) is 0 Å². The topological polar surface area (TPSA) is 72.0 Å². The van der Waals surface area contributed by atoms with Crippen molar-refractivity contribution in [3.8, 4) is 0 Å². The molecule has 2 rings (SSSR count). The summed E-state index contributed by atoms with van der Waals surface area (Å²) in [5, 5.41) is 0.452. The van der Waals surface area contributed by atoms with Gasteiger partial charge in [-0.2, -0.15) is 0 Å². The number of nitrogens with one attached hydrogen (secondary N) is 1. The number of carbonyl (C=O) groups is 2. The standard InChI is InChI=1S/C14H13FN2O3S/c1-2-20-13(19)11-7-16-14(17-11)21-8-12(18)9-3-5-10(15)6-4-9/h3-7H,2,8H2,1H3,(H,16,17). The fourth-order valence-electron chi connectivity index (χ4n) is 1.54. The van der Waals surface area contributed by atoms with Crippen molar-refractivity contribution >= 4 is 23.5 Å². The molecular formula is C14H13FN2O3S. The van der Waals surface area contributed by atoms with E-state index in [0.717, 1.165) is 0 Å². The van der Waals surface area contributed by atoms with Crippen LogP contribution in [0.15, 0.2) is 35.6 Å². The molecule has 2 aromatic rings. The number of hydrogen-bond acceptors (Lipinski definition) is 5. The molecule has 0 spiro atoms. The van der Waals surface area contributed by atoms with Gasteiger partial charge in [-0.15, -0.1) is 0 Å². The number of nitrogens with zero attached hydrogens (tertiary/aromatic N) is 1. The van der Waals surface area contributed by atoms with Gasteiger partial charge in [0, 0.05) is 5.56 Å². The minimum atomic E-state index is -0.485. The Morgan fingerprint density at radius 2 is 2.05 bits per heavy atom. The van der Waals surface area contributed by atoms with Crippen molar-refractivity contribution in [3.05, 3.63) is 47.5 Å². The van der Waals surface area contributed by atoms with Gasteiger partial charge in [0.05, 0.1) is 18.6 Å². The van der Waals surface area contributed by atoms with Crippen molar-refractivity contribution < 1.29 is 18.7 Å². The molecule has 1 heterocycles. The third-order valence-electron chi connectivity index (χ3n) is 2.55. The number of thioether (sulfide) groups is 1. The third kappa shape index (κ3) is 4.16. The molecule has 1 aromatic carbocycles. The zero-order valence-electron chi connectivity index (χ0n) is 11.3. The predicted molar refractivity (Wildman–Crippen MR) is 76.0 cm³/mol. The summed E-state index contributed by atoms with van der Waals surface area (Å²) in [6, 6.07) is 5.35. The lowest BCUT2D eigenvalue weighted by Gasteiger charge is -2.00. The van der Waals surface area contributed by atoms with Crippen LogP contribution >= 0.6 is 11.8 Å². The van der Waals surface area contributed by atoms with Gasteiger partial charge in [-0.25, -0.2) is 14.2 Å². The van der Waals surface area contributed by atoms with E-state index in [2.05, 4.69) is 9.97 Å². The number of benzene rings is 1. The minimum Gasteiger partial charge on any atom is -0.461 e. The molecule has 0 aliphatic rings. The first-order valence-corrected chi connectivity index (χ1v) is 7.22. The number of rotatable bonds is 6. The molecule has 1 aromatic heterocycles. The van der Waals surface area contributed by atoms with E-state index in [1.165, 1.54) is 42.2 Å². The summed E-state index contributed by atoms with van der Waals surface area (Å²) in [5.74, 6) is -0.873. The van der Waals surface area contributed by atoms with Crippen molar-refractivity contribution in [1.82, 2.24) is 9.97 Å². The number of aromatic amines is 1. The van der Waals surface area contributed by atoms with Gasteiger partial charge in [0.25, 0.3) is 0 Å². The van der Waals surface area contributed by atoms with E-state index in [-0.39, 0.29) is 29.7 Å². The van der Waals surface area contributed by atoms with Gasteiger partial charge in [0.2, 0.25) is 0 Å². The van der Waals surface area contributed by atoms with Crippen LogP contribution in [0.2, 0.25) is 0 Å². The van der Waals surface area contributed by atoms with Gasteiger partial charge in [-0.3, -0.25) is 4.79 Å². The molecule has 7 heteroatoms. The number of imidazole rings is 1. The summed E-state index contributed by atoms with van der Waals surface area (Å²) in [6.45, 7) is 1.99. The van der Waals surface area contributed by atoms with E-state index in [9.17, 15) is 14.0 Å². The van der Waals surface area contributed by atoms with Crippen LogP contribution in [0.3, 0.4) is 0 Å². The number of ketones is 1. The summed E-state index contributed by atoms with van der Waals surface area (Å²) in [4.78, 5) is 30.1. The highest BCUT2D eigenvalue weighted by Crippen LogP contribution is 2.16. The molecular weight excluding hydrogens is 295 g/mol. The first kappa shape index (κ1) is 15.2. The second-order valence-electron chi connectivity index (χ2n) is 4.04. The average Bonchev–Trinajstić information content (AvgIpc) is 2.95. The highest BCUT2D eigenvalue weighted by atomic mass is 32.2. The van der Waals surface area contributed by atoms with Crippen LogP contribution in [-0.4, -0.2) is 34.1 Å². The lowest BCUT2D eigenvalue weighted by atomic mass is 10.1. The SMILES string of the molecule is CCOC(=O)c1cnc(SCC(=O)c2ccc(F)cc2)[nH]1. The Morgan fingerprint density at radius 1 is 1.33 bits per heavy atom. The number of H-pyrrole nitrogens is 1. The normalized spacial score (nSPS) is 10.4. The monoisotopic (exact) mass is 308 g/mol. The van der Waals surface area contributed by atoms with Crippen LogP contribution in [0.25, 0.3) is 0 Å². The van der Waals surface area contributed by atoms with Crippen molar-refractivity contribution in [2.75, 3.05) is 12.4 Å². The molecule has 0 bridgehead atoms. The van der Waals surface area contributed by atoms with Crippen molar-refractivity contribution in [1.29, 1.82) is 0 Å². The number of esters is 1. The third-order valence-corrected chi connectivity index (χ3v) is 3.44. The number of ether oxygens (including phenoxy) is 1. The molecule has 0 fully saturated rings. The van der Waals surface area contributed by atoms with Crippen LogP contribution in [0.4, 0.5) is 4.39 Å². The second kappa shape index (κ2) is 7.03. The maximum atomic E-state index is 12.8. The number of aromatic nitrogens is 2. The Kier molecular flexibility index (Phi) is 5.10. The number of Topliss-reactive ketones (excluding diaryl/α,β-unsaturated/α-hetero) is 1. The molecule has 0 aliphatic heterocycles. The molecule has 0 saturated heterocycles. The fraction of sp³-hybridized carbons (Fsp3) is 0.214. The maximum absolute atomic E-state index is 12.8. The Morgan fingerprint density at radius 3 is 2.71 bits per heavy atom. The number of hydrogen-bond donors (Lipinski definition) is 1. The second-order valence-corrected chi connectivity index (χ2v) is 5.01. The summed E-state index contributed by atoms with van der Waals surface area (Å²) in [5.41, 5.74) is 0.676. The molecule has 1 N–H and O–H groups in total. The molecule has 0 amide bonds. The molecule has 0 saturated carbocycles. The summed E-state index contributed by atoms with van der Waals surface area (Å²) < 4.78 is 17.6. The number of carbonyl (C=O) groups excluding carboxylic acids is 2. The van der Waals surface area contributed by atoms with Crippen LogP contribution in [0.5, 0.6) is 0 Å². The summed E-state index contributed by atoms with van der Waals surface area (Å²) in [7, 11) is 0. The number of halogens is 1. The molecule has 21 heavy (non-hydrogen) atoms. The zero-order valence-corrected chi connectivity index (χ0v) is 12.1. The molecule has 0 radical (unpaired) electrons. The predicted octanol–water partition coefficient (Wildman–Crippen LogP) is 2.70. The molecule has 0 aliphatic carbocycles. The smallest absolute Gasteiger partial charge is 0.356 e. The van der Waals surface area contributed by atoms with Crippen molar-refractivity contribution in [3.63, 3.8) is 0 Å². The summed E-state index contributed by atoms with van der Waals surface area (Å²) >= 11 is 1.17. The van der Waals surface area contributed by atoms with Crippen LogP contribution in [0, 0.1) is 5.82 Å². The molecule has 5 nitrogen and oxygen atoms in total. The van der Waals surface area contributed by atoms with Gasteiger partial charge in [-0.05, 0) is 31.2 Å². The Hall–Kier alpha value is -2.15. The minimum absolute atomic E-state index is 0.140. The van der Waals surface area contributed by atoms with Crippen molar-refractivity contribution in [2.45, 2.75) is 12.1 Å². The Bertz CT molecular complexity index is 640. The lowest BCUT2D eigenvalue weighted by molar-refractivity contribution is 0.0519. The van der Waals surface area contributed by atoms with Gasteiger partial charge in [0.15, 0.2) is 10.9 Å². The van der Waals surface area contributed by atoms with E-state index < -0.39 is 5.97 Å². The van der Waals surface area contributed by atoms with E-state index >= 15 is 0 Å². The van der Waals surface area contributed by atoms with Gasteiger partial charge in [0.1, 0.15) is 11.5 Å². The largest absolute Gasteiger partial charge is 0.461 e. The first-order valence-electron chi connectivity index (χ1n) is 6.24. The lowest BCUT2D eigenvalue weighted by Crippen LogP contribution is -2.05. The van der Waals surface area contributed by atoms with Crippen LogP contribution in [0.1, 0.15) is 27.8 Å². The van der Waals surface area contributed by atoms with E-state index in [1.54, 1.807) is 6.92 Å². The van der Waals surface area contributed by atoms with Crippen LogP contribution < -0.4 is 0 Å². The average molecular weight is 308 g/mol. The van der Waals surface area contributed by atoms with E-state index in [4.69, 9.17) is 4.74 Å². The zero-order chi connectivity index (χ0) is 15.2. The Balaban J connectivity index is 1.92. The summed E-state index contributed by atoms with van der Waals surface area (Å²) in [6.07, 6.45) is 1.36. The fourth-order valence-corrected chi connectivity index (χ4v) is 2.29. The highest BCUT2D eigenvalue weighted by molar-refractivity contribution is 7.99. The highest BCUT2D eigenvalue weighted by Gasteiger charge is 2.12.